The van der Waals surface area contributed by atoms with E-state index in [-0.39, 0.29) is 5.82 Å². The number of nitrogens with zero attached hydrogens (tertiary/aromatic N) is 3. The van der Waals surface area contributed by atoms with Crippen molar-refractivity contribution in [3.8, 4) is 11.3 Å². The van der Waals surface area contributed by atoms with Crippen LogP contribution in [0.25, 0.3) is 22.0 Å². The molecule has 0 saturated carbocycles. The second-order valence-corrected chi connectivity index (χ2v) is 9.09. The lowest BCUT2D eigenvalue weighted by Gasteiger charge is -2.35. The zero-order valence-corrected chi connectivity index (χ0v) is 18.7. The number of rotatable bonds is 6. The fourth-order valence-electron chi connectivity index (χ4n) is 4.20. The number of aliphatic hydroxyl groups is 1. The summed E-state index contributed by atoms with van der Waals surface area (Å²) in [5.41, 5.74) is 1.40. The maximum absolute atomic E-state index is 14.8. The van der Waals surface area contributed by atoms with Gasteiger partial charge in [-0.15, -0.1) is 0 Å². The smallest absolute Gasteiger partial charge is 0.137 e. The van der Waals surface area contributed by atoms with E-state index in [1.165, 1.54) is 0 Å². The first-order chi connectivity index (χ1) is 14.8. The largest absolute Gasteiger partial charge is 0.390 e. The lowest BCUT2D eigenvalue weighted by atomic mass is 9.97. The van der Waals surface area contributed by atoms with E-state index in [1.54, 1.807) is 19.9 Å². The molecule has 0 spiro atoms. The molecular formula is C26H32FN3O. The zero-order valence-electron chi connectivity index (χ0n) is 18.7. The minimum atomic E-state index is -0.804. The molecule has 1 fully saturated rings. The molecule has 164 valence electrons. The molecule has 31 heavy (non-hydrogen) atoms. The number of anilines is 1. The number of likely N-dealkylation sites (N-methyl/N-ethyl adjacent to an activating group) is 1. The Bertz CT molecular complexity index is 1050. The third-order valence-corrected chi connectivity index (χ3v) is 6.19. The SMILES string of the molecule is CCN1CCN(c2nc(-c3ccc(CCC(C)(C)O)c(F)c3)cc3ccccc23)CC1. The molecule has 0 aliphatic carbocycles. The molecule has 1 aliphatic rings. The number of fused-ring (bicyclic) bond motifs is 1. The summed E-state index contributed by atoms with van der Waals surface area (Å²) >= 11 is 0. The molecular weight excluding hydrogens is 389 g/mol. The molecule has 4 rings (SSSR count). The third-order valence-electron chi connectivity index (χ3n) is 6.19. The molecule has 1 N–H and O–H groups in total. The number of halogens is 1. The Hall–Kier alpha value is -2.50. The average molecular weight is 422 g/mol. The van der Waals surface area contributed by atoms with Crippen molar-refractivity contribution in [2.24, 2.45) is 0 Å². The molecule has 4 nitrogen and oxygen atoms in total. The van der Waals surface area contributed by atoms with Gasteiger partial charge >= 0.3 is 0 Å². The number of hydrogen-bond donors (Lipinski definition) is 1. The van der Waals surface area contributed by atoms with E-state index in [1.807, 2.05) is 30.3 Å². The highest BCUT2D eigenvalue weighted by molar-refractivity contribution is 5.95. The monoisotopic (exact) mass is 421 g/mol. The maximum atomic E-state index is 14.8. The van der Waals surface area contributed by atoms with Crippen molar-refractivity contribution >= 4 is 16.6 Å². The van der Waals surface area contributed by atoms with E-state index in [9.17, 15) is 9.50 Å². The first kappa shape index (κ1) is 21.7. The minimum Gasteiger partial charge on any atom is -0.390 e. The van der Waals surface area contributed by atoms with Crippen molar-refractivity contribution in [2.45, 2.75) is 39.2 Å². The molecule has 0 amide bonds. The van der Waals surface area contributed by atoms with Gasteiger partial charge in [-0.25, -0.2) is 9.37 Å². The number of hydrogen-bond acceptors (Lipinski definition) is 4. The van der Waals surface area contributed by atoms with Gasteiger partial charge in [-0.05, 0) is 56.3 Å². The minimum absolute atomic E-state index is 0.241. The van der Waals surface area contributed by atoms with Crippen LogP contribution in [0.4, 0.5) is 10.2 Å². The number of aromatic nitrogens is 1. The summed E-state index contributed by atoms with van der Waals surface area (Å²) in [5, 5.41) is 12.2. The lowest BCUT2D eigenvalue weighted by molar-refractivity contribution is 0.0712. The van der Waals surface area contributed by atoms with Crippen LogP contribution in [0.15, 0.2) is 48.5 Å². The van der Waals surface area contributed by atoms with Crippen LogP contribution in [0, 0.1) is 5.82 Å². The van der Waals surface area contributed by atoms with Crippen molar-refractivity contribution in [3.63, 3.8) is 0 Å². The van der Waals surface area contributed by atoms with Crippen LogP contribution in [-0.2, 0) is 6.42 Å². The first-order valence-electron chi connectivity index (χ1n) is 11.2. The molecule has 3 aromatic rings. The molecule has 0 bridgehead atoms. The number of pyridine rings is 1. The van der Waals surface area contributed by atoms with Crippen LogP contribution in [0.1, 0.15) is 32.8 Å². The van der Waals surface area contributed by atoms with Crippen molar-refractivity contribution < 1.29 is 9.50 Å². The van der Waals surface area contributed by atoms with Gasteiger partial charge in [-0.1, -0.05) is 43.3 Å². The lowest BCUT2D eigenvalue weighted by Crippen LogP contribution is -2.46. The maximum Gasteiger partial charge on any atom is 0.137 e. The summed E-state index contributed by atoms with van der Waals surface area (Å²) in [4.78, 5) is 9.80. The summed E-state index contributed by atoms with van der Waals surface area (Å²) in [6.07, 6.45) is 1.03. The number of benzene rings is 2. The molecule has 0 atom stereocenters. The van der Waals surface area contributed by atoms with Crippen LogP contribution in [-0.4, -0.2) is 53.3 Å². The van der Waals surface area contributed by atoms with E-state index < -0.39 is 5.60 Å². The standard InChI is InChI=1S/C26H32FN3O/c1-4-29-13-15-30(16-14-29)25-22-8-6-5-7-20(22)18-24(28-25)21-10-9-19(23(27)17-21)11-12-26(2,3)31/h5-10,17-18,31H,4,11-16H2,1-3H3. The predicted octanol–water partition coefficient (Wildman–Crippen LogP) is 4.89. The van der Waals surface area contributed by atoms with Crippen LogP contribution in [0.3, 0.4) is 0 Å². The topological polar surface area (TPSA) is 39.6 Å². The summed E-state index contributed by atoms with van der Waals surface area (Å²) in [7, 11) is 0. The second-order valence-electron chi connectivity index (χ2n) is 9.09. The summed E-state index contributed by atoms with van der Waals surface area (Å²) in [6.45, 7) is 10.7. The Labute approximate surface area is 184 Å². The van der Waals surface area contributed by atoms with Gasteiger partial charge in [-0.2, -0.15) is 0 Å². The van der Waals surface area contributed by atoms with Gasteiger partial charge in [0.25, 0.3) is 0 Å². The third kappa shape index (κ3) is 5.05. The Morgan fingerprint density at radius 1 is 1.03 bits per heavy atom. The normalized spacial score (nSPS) is 15.6. The highest BCUT2D eigenvalue weighted by Crippen LogP contribution is 2.31. The van der Waals surface area contributed by atoms with Gasteiger partial charge in [0.15, 0.2) is 0 Å². The fraction of sp³-hybridized carbons (Fsp3) is 0.423. The molecule has 0 radical (unpaired) electrons. The average Bonchev–Trinajstić information content (AvgIpc) is 2.77. The highest BCUT2D eigenvalue weighted by atomic mass is 19.1. The predicted molar refractivity (Wildman–Crippen MR) is 126 cm³/mol. The molecule has 5 heteroatoms. The Kier molecular flexibility index (Phi) is 6.26. The summed E-state index contributed by atoms with van der Waals surface area (Å²) in [5.74, 6) is 0.741. The highest BCUT2D eigenvalue weighted by Gasteiger charge is 2.20. The molecule has 1 aliphatic heterocycles. The van der Waals surface area contributed by atoms with E-state index in [0.717, 1.165) is 60.6 Å². The summed E-state index contributed by atoms with van der Waals surface area (Å²) in [6, 6.07) is 15.7. The first-order valence-corrected chi connectivity index (χ1v) is 11.2. The van der Waals surface area contributed by atoms with Crippen LogP contribution >= 0.6 is 0 Å². The van der Waals surface area contributed by atoms with Gasteiger partial charge in [0.05, 0.1) is 11.3 Å². The molecule has 0 unspecified atom stereocenters. The Morgan fingerprint density at radius 3 is 2.45 bits per heavy atom. The Morgan fingerprint density at radius 2 is 1.77 bits per heavy atom. The van der Waals surface area contributed by atoms with Crippen LogP contribution in [0.5, 0.6) is 0 Å². The van der Waals surface area contributed by atoms with Crippen LogP contribution < -0.4 is 4.90 Å². The second kappa shape index (κ2) is 8.93. The van der Waals surface area contributed by atoms with Gasteiger partial charge in [0.1, 0.15) is 11.6 Å². The molecule has 1 saturated heterocycles. The van der Waals surface area contributed by atoms with E-state index in [2.05, 4.69) is 28.9 Å². The van der Waals surface area contributed by atoms with E-state index in [0.29, 0.717) is 18.4 Å². The van der Waals surface area contributed by atoms with Gasteiger partial charge in [0.2, 0.25) is 0 Å². The summed E-state index contributed by atoms with van der Waals surface area (Å²) < 4.78 is 14.8. The zero-order chi connectivity index (χ0) is 22.0. The van der Waals surface area contributed by atoms with E-state index >= 15 is 0 Å². The van der Waals surface area contributed by atoms with Gasteiger partial charge < -0.3 is 14.9 Å². The van der Waals surface area contributed by atoms with Crippen molar-refractivity contribution in [1.82, 2.24) is 9.88 Å². The van der Waals surface area contributed by atoms with Crippen molar-refractivity contribution in [3.05, 3.63) is 59.9 Å². The van der Waals surface area contributed by atoms with E-state index in [4.69, 9.17) is 4.98 Å². The number of aryl methyl sites for hydroxylation is 1. The van der Waals surface area contributed by atoms with Gasteiger partial charge in [0, 0.05) is 37.1 Å². The van der Waals surface area contributed by atoms with Gasteiger partial charge in [-0.3, -0.25) is 0 Å². The molecule has 1 aromatic heterocycles. The molecule has 2 aromatic carbocycles. The quantitative estimate of drug-likeness (QED) is 0.615. The molecule has 2 heterocycles. The van der Waals surface area contributed by atoms with Crippen molar-refractivity contribution in [2.75, 3.05) is 37.6 Å². The fourth-order valence-corrected chi connectivity index (χ4v) is 4.20. The number of piperazine rings is 1. The Balaban J connectivity index is 1.67. The van der Waals surface area contributed by atoms with Crippen molar-refractivity contribution in [1.29, 1.82) is 0 Å². The van der Waals surface area contributed by atoms with Crippen LogP contribution in [0.2, 0.25) is 0 Å².